The van der Waals surface area contributed by atoms with Gasteiger partial charge in [0.15, 0.2) is 5.82 Å². The lowest BCUT2D eigenvalue weighted by atomic mass is 10.1. The van der Waals surface area contributed by atoms with Crippen molar-refractivity contribution in [2.45, 2.75) is 13.0 Å². The first kappa shape index (κ1) is 22.8. The average Bonchev–Trinajstić information content (AvgIpc) is 3.17. The highest BCUT2D eigenvalue weighted by molar-refractivity contribution is 6.04. The lowest BCUT2D eigenvalue weighted by Gasteiger charge is -2.15. The highest BCUT2D eigenvalue weighted by Gasteiger charge is 2.14. The van der Waals surface area contributed by atoms with Crippen LogP contribution in [0, 0.1) is 0 Å². The first-order valence-corrected chi connectivity index (χ1v) is 9.98. The van der Waals surface area contributed by atoms with Crippen molar-refractivity contribution in [3.05, 3.63) is 65.9 Å². The summed E-state index contributed by atoms with van der Waals surface area (Å²) >= 11 is 0. The zero-order valence-corrected chi connectivity index (χ0v) is 18.4. The number of aliphatic hydroxyl groups is 1. The van der Waals surface area contributed by atoms with Gasteiger partial charge in [-0.3, -0.25) is 14.3 Å². The van der Waals surface area contributed by atoms with Crippen molar-refractivity contribution < 1.29 is 24.2 Å². The lowest BCUT2D eigenvalue weighted by molar-refractivity contribution is 0.0827. The molecule has 1 aromatic heterocycles. The summed E-state index contributed by atoms with van der Waals surface area (Å²) in [6.07, 6.45) is 1.26. The van der Waals surface area contributed by atoms with Crippen LogP contribution in [0.4, 0.5) is 5.82 Å². The number of hydrogen-bond donors (Lipinski definition) is 2. The van der Waals surface area contributed by atoms with Crippen molar-refractivity contribution in [1.82, 2.24) is 14.7 Å². The number of ether oxygens (including phenoxy) is 2. The number of anilines is 1. The van der Waals surface area contributed by atoms with Gasteiger partial charge in [-0.2, -0.15) is 5.10 Å². The number of benzene rings is 2. The molecule has 0 bridgehead atoms. The Bertz CT molecular complexity index is 1090. The fourth-order valence-electron chi connectivity index (χ4n) is 2.83. The molecule has 9 nitrogen and oxygen atoms in total. The molecule has 0 fully saturated rings. The maximum atomic E-state index is 12.8. The van der Waals surface area contributed by atoms with Gasteiger partial charge in [-0.05, 0) is 43.3 Å². The average molecular weight is 438 g/mol. The van der Waals surface area contributed by atoms with Crippen LogP contribution in [0.25, 0.3) is 0 Å². The number of aliphatic hydroxyl groups excluding tert-OH is 1. The van der Waals surface area contributed by atoms with Gasteiger partial charge in [0.1, 0.15) is 23.4 Å². The third-order valence-electron chi connectivity index (χ3n) is 4.43. The topological polar surface area (TPSA) is 106 Å². The van der Waals surface area contributed by atoms with Gasteiger partial charge in [-0.15, -0.1) is 0 Å². The van der Waals surface area contributed by atoms with Crippen LogP contribution in [0.1, 0.15) is 27.6 Å². The second kappa shape index (κ2) is 9.97. The zero-order valence-electron chi connectivity index (χ0n) is 18.4. The SMILES string of the molecule is C[C@@H](CO)Oc1cc(Oc2ccc(C(=O)N(C)C)cc2)cc(C(=O)Nc2ccn(C)n2)c1. The quantitative estimate of drug-likeness (QED) is 0.560. The zero-order chi connectivity index (χ0) is 23.3. The van der Waals surface area contributed by atoms with Crippen molar-refractivity contribution in [3.8, 4) is 17.2 Å². The Morgan fingerprint density at radius 1 is 1.06 bits per heavy atom. The minimum absolute atomic E-state index is 0.113. The summed E-state index contributed by atoms with van der Waals surface area (Å²) in [6.45, 7) is 1.53. The molecule has 0 aliphatic heterocycles. The molecule has 3 rings (SSSR count). The summed E-state index contributed by atoms with van der Waals surface area (Å²) in [7, 11) is 5.12. The van der Waals surface area contributed by atoms with Gasteiger partial charge in [0, 0.05) is 50.6 Å². The molecular formula is C23H26N4O5. The molecule has 3 aromatic rings. The molecule has 32 heavy (non-hydrogen) atoms. The minimum atomic E-state index is -0.465. The molecular weight excluding hydrogens is 412 g/mol. The van der Waals surface area contributed by atoms with Crippen LogP contribution in [-0.2, 0) is 7.05 Å². The van der Waals surface area contributed by atoms with Crippen LogP contribution in [0.5, 0.6) is 17.2 Å². The maximum Gasteiger partial charge on any atom is 0.257 e. The molecule has 2 amide bonds. The van der Waals surface area contributed by atoms with Crippen molar-refractivity contribution in [2.75, 3.05) is 26.0 Å². The standard InChI is InChI=1S/C23H26N4O5/c1-15(14-28)31-19-11-17(22(29)24-21-9-10-27(4)25-21)12-20(13-19)32-18-7-5-16(6-8-18)23(30)26(2)3/h5-13,15,28H,14H2,1-4H3,(H,24,25,29)/t15-/m0/s1. The molecule has 2 N–H and O–H groups in total. The number of aryl methyl sites for hydroxylation is 1. The number of amides is 2. The van der Waals surface area contributed by atoms with Gasteiger partial charge in [0.05, 0.1) is 6.61 Å². The Kier molecular flexibility index (Phi) is 7.11. The molecule has 0 aliphatic rings. The number of carbonyl (C=O) groups excluding carboxylic acids is 2. The van der Waals surface area contributed by atoms with Crippen LogP contribution < -0.4 is 14.8 Å². The monoisotopic (exact) mass is 438 g/mol. The predicted octanol–water partition coefficient (Wildman–Crippen LogP) is 2.93. The maximum absolute atomic E-state index is 12.8. The lowest BCUT2D eigenvalue weighted by Crippen LogP contribution is -2.21. The van der Waals surface area contributed by atoms with Crippen LogP contribution in [0.3, 0.4) is 0 Å². The molecule has 168 valence electrons. The highest BCUT2D eigenvalue weighted by Crippen LogP contribution is 2.29. The van der Waals surface area contributed by atoms with Crippen LogP contribution in [0.15, 0.2) is 54.7 Å². The summed E-state index contributed by atoms with van der Waals surface area (Å²) in [4.78, 5) is 26.3. The van der Waals surface area contributed by atoms with E-state index in [2.05, 4.69) is 10.4 Å². The Balaban J connectivity index is 1.85. The predicted molar refractivity (Wildman–Crippen MR) is 119 cm³/mol. The summed E-state index contributed by atoms with van der Waals surface area (Å²) in [6, 6.07) is 13.1. The molecule has 0 radical (unpaired) electrons. The third kappa shape index (κ3) is 5.86. The van der Waals surface area contributed by atoms with E-state index in [0.717, 1.165) is 0 Å². The van der Waals surface area contributed by atoms with E-state index < -0.39 is 6.10 Å². The highest BCUT2D eigenvalue weighted by atomic mass is 16.5. The van der Waals surface area contributed by atoms with E-state index in [4.69, 9.17) is 9.47 Å². The molecule has 0 spiro atoms. The van der Waals surface area contributed by atoms with E-state index in [9.17, 15) is 14.7 Å². The van der Waals surface area contributed by atoms with Gasteiger partial charge in [0.25, 0.3) is 11.8 Å². The number of hydrogen-bond acceptors (Lipinski definition) is 6. The van der Waals surface area contributed by atoms with Crippen molar-refractivity contribution >= 4 is 17.6 Å². The second-order valence-corrected chi connectivity index (χ2v) is 7.46. The number of nitrogens with one attached hydrogen (secondary N) is 1. The van der Waals surface area contributed by atoms with Crippen molar-refractivity contribution in [2.24, 2.45) is 7.05 Å². The smallest absolute Gasteiger partial charge is 0.257 e. The van der Waals surface area contributed by atoms with Gasteiger partial charge < -0.3 is 24.8 Å². The number of aromatic nitrogens is 2. The summed E-state index contributed by atoms with van der Waals surface area (Å²) in [5.74, 6) is 1.14. The fourth-order valence-corrected chi connectivity index (χ4v) is 2.83. The Morgan fingerprint density at radius 3 is 2.34 bits per heavy atom. The molecule has 0 saturated heterocycles. The number of carbonyl (C=O) groups is 2. The summed E-state index contributed by atoms with van der Waals surface area (Å²) in [5.41, 5.74) is 0.833. The van der Waals surface area contributed by atoms with Gasteiger partial charge >= 0.3 is 0 Å². The Hall–Kier alpha value is -3.85. The molecule has 2 aromatic carbocycles. The molecule has 0 aliphatic carbocycles. The van der Waals surface area contributed by atoms with E-state index in [1.165, 1.54) is 4.90 Å². The van der Waals surface area contributed by atoms with Crippen LogP contribution >= 0.6 is 0 Å². The fraction of sp³-hybridized carbons (Fsp3) is 0.261. The normalized spacial score (nSPS) is 11.5. The third-order valence-corrected chi connectivity index (χ3v) is 4.43. The first-order chi connectivity index (χ1) is 15.2. The van der Waals surface area contributed by atoms with Crippen LogP contribution in [0.2, 0.25) is 0 Å². The van der Waals surface area contributed by atoms with Crippen LogP contribution in [-0.4, -0.2) is 58.4 Å². The Labute approximate surface area is 186 Å². The van der Waals surface area contributed by atoms with Crippen molar-refractivity contribution in [1.29, 1.82) is 0 Å². The van der Waals surface area contributed by atoms with E-state index >= 15 is 0 Å². The molecule has 9 heteroatoms. The molecule has 1 atom stereocenters. The van der Waals surface area contributed by atoms with E-state index in [1.54, 1.807) is 87.5 Å². The van der Waals surface area contributed by atoms with Gasteiger partial charge in [-0.1, -0.05) is 0 Å². The Morgan fingerprint density at radius 2 is 1.75 bits per heavy atom. The van der Waals surface area contributed by atoms with E-state index in [0.29, 0.717) is 34.2 Å². The number of nitrogens with zero attached hydrogens (tertiary/aromatic N) is 3. The van der Waals surface area contributed by atoms with Crippen molar-refractivity contribution in [3.63, 3.8) is 0 Å². The molecule has 1 heterocycles. The minimum Gasteiger partial charge on any atom is -0.488 e. The van der Waals surface area contributed by atoms with E-state index in [-0.39, 0.29) is 18.4 Å². The first-order valence-electron chi connectivity index (χ1n) is 9.98. The summed E-state index contributed by atoms with van der Waals surface area (Å²) < 4.78 is 13.2. The van der Waals surface area contributed by atoms with Gasteiger partial charge in [0.2, 0.25) is 0 Å². The number of rotatable bonds is 8. The molecule has 0 saturated carbocycles. The molecule has 0 unspecified atom stereocenters. The largest absolute Gasteiger partial charge is 0.488 e. The second-order valence-electron chi connectivity index (χ2n) is 7.46. The van der Waals surface area contributed by atoms with Gasteiger partial charge in [-0.25, -0.2) is 0 Å². The summed E-state index contributed by atoms with van der Waals surface area (Å²) in [5, 5.41) is 16.2. The van der Waals surface area contributed by atoms with E-state index in [1.807, 2.05) is 0 Å².